The minimum absolute atomic E-state index is 0. The summed E-state index contributed by atoms with van der Waals surface area (Å²) in [6.07, 6.45) is 9.23. The third-order valence-corrected chi connectivity index (χ3v) is 8.75. The van der Waals surface area contributed by atoms with Crippen molar-refractivity contribution in [2.45, 2.75) is 0 Å². The van der Waals surface area contributed by atoms with Crippen LogP contribution in [0.25, 0.3) is 83.4 Å². The molecule has 0 spiro atoms. The minimum Gasteiger partial charge on any atom is -0.367 e. The molecule has 4 aromatic carbocycles. The Bertz CT molecular complexity index is 2570. The van der Waals surface area contributed by atoms with Crippen LogP contribution in [0.1, 0.15) is 0 Å². The zero-order valence-corrected chi connectivity index (χ0v) is 28.1. The first kappa shape index (κ1) is 29.7. The van der Waals surface area contributed by atoms with E-state index in [1.54, 1.807) is 12.4 Å². The quantitative estimate of drug-likeness (QED) is 0.163. The molecule has 0 saturated carbocycles. The number of rotatable bonds is 5. The summed E-state index contributed by atoms with van der Waals surface area (Å²) >= 11 is 0. The van der Waals surface area contributed by atoms with Crippen molar-refractivity contribution in [3.05, 3.63) is 152 Å². The van der Waals surface area contributed by atoms with Gasteiger partial charge >= 0.3 is 21.1 Å². The second kappa shape index (κ2) is 12.1. The zero-order chi connectivity index (χ0) is 31.3. The van der Waals surface area contributed by atoms with Crippen LogP contribution >= 0.6 is 0 Å². The van der Waals surface area contributed by atoms with Crippen LogP contribution in [-0.4, -0.2) is 29.1 Å². The molecule has 230 valence electrons. The van der Waals surface area contributed by atoms with E-state index in [-0.39, 0.29) is 21.1 Å². The molecular formula is C41H26N6Pt. The van der Waals surface area contributed by atoms with Gasteiger partial charge in [-0.25, -0.2) is 0 Å². The molecule has 0 N–H and O–H groups in total. The first-order chi connectivity index (χ1) is 23.2. The molecule has 0 fully saturated rings. The molecule has 9 aromatic rings. The Morgan fingerprint density at radius 1 is 0.625 bits per heavy atom. The zero-order valence-electron chi connectivity index (χ0n) is 25.8. The molecule has 0 saturated heterocycles. The minimum atomic E-state index is 0. The van der Waals surface area contributed by atoms with Crippen LogP contribution in [0.4, 0.5) is 0 Å². The molecule has 9 rings (SSSR count). The van der Waals surface area contributed by atoms with E-state index in [0.717, 1.165) is 83.4 Å². The summed E-state index contributed by atoms with van der Waals surface area (Å²) in [7, 11) is 2.07. The van der Waals surface area contributed by atoms with Crippen LogP contribution in [-0.2, 0) is 28.1 Å². The Morgan fingerprint density at radius 3 is 2.21 bits per heavy atom. The molecular weight excluding hydrogens is 772 g/mol. The predicted molar refractivity (Wildman–Crippen MR) is 188 cm³/mol. The van der Waals surface area contributed by atoms with Gasteiger partial charge in [-0.2, -0.15) is 0 Å². The largest absolute Gasteiger partial charge is 2.00 e. The molecule has 0 aliphatic heterocycles. The summed E-state index contributed by atoms with van der Waals surface area (Å²) in [5, 5.41) is 2.18. The Morgan fingerprint density at radius 2 is 1.44 bits per heavy atom. The van der Waals surface area contributed by atoms with E-state index in [2.05, 4.69) is 110 Å². The Kier molecular flexibility index (Phi) is 7.51. The van der Waals surface area contributed by atoms with Crippen molar-refractivity contribution in [3.8, 4) is 50.6 Å². The van der Waals surface area contributed by atoms with Gasteiger partial charge in [0.25, 0.3) is 0 Å². The SMILES string of the molecule is Cn1c(-c2[c-]c3c(cc2-c2cccnc2)c2cc(-c4cccnc4)ccc2n3-c2[c-]c(-c3ccccn3)ccc2)nc2ccccc21.[Pt+2]. The van der Waals surface area contributed by atoms with Crippen molar-refractivity contribution in [1.82, 2.24) is 29.1 Å². The van der Waals surface area contributed by atoms with Crippen LogP contribution in [0, 0.1) is 12.1 Å². The van der Waals surface area contributed by atoms with Gasteiger partial charge in [0, 0.05) is 43.5 Å². The van der Waals surface area contributed by atoms with Crippen molar-refractivity contribution in [2.24, 2.45) is 7.05 Å². The van der Waals surface area contributed by atoms with E-state index in [0.29, 0.717) is 0 Å². The summed E-state index contributed by atoms with van der Waals surface area (Å²) in [6, 6.07) is 44.9. The fourth-order valence-corrected chi connectivity index (χ4v) is 6.50. The summed E-state index contributed by atoms with van der Waals surface area (Å²) in [5.74, 6) is 0.839. The van der Waals surface area contributed by atoms with E-state index >= 15 is 0 Å². The van der Waals surface area contributed by atoms with Gasteiger partial charge in [0.1, 0.15) is 0 Å². The maximum absolute atomic E-state index is 5.12. The molecule has 0 aliphatic carbocycles. The smallest absolute Gasteiger partial charge is 0.367 e. The maximum atomic E-state index is 5.12. The van der Waals surface area contributed by atoms with Crippen LogP contribution in [0.2, 0.25) is 0 Å². The van der Waals surface area contributed by atoms with Gasteiger partial charge in [0.05, 0.1) is 16.9 Å². The van der Waals surface area contributed by atoms with Crippen LogP contribution in [0.15, 0.2) is 140 Å². The standard InChI is InChI=1S/C41H26N6.Pt/c1-46-39-15-3-2-14-37(39)45-41(46)35-24-40-34(23-32(35)30-11-8-19-43-26-30)33-22-27(29-10-7-18-42-25-29)16-17-38(33)47(40)31-12-6-9-28(21-31)36-13-4-5-20-44-36;/h2-20,22-23,25-26H,1H3;/q-2;+2. The number of hydrogen-bond acceptors (Lipinski definition) is 4. The molecule has 0 amide bonds. The molecule has 5 heterocycles. The molecule has 6 nitrogen and oxygen atoms in total. The topological polar surface area (TPSA) is 61.4 Å². The number of pyridine rings is 3. The molecule has 48 heavy (non-hydrogen) atoms. The predicted octanol–water partition coefficient (Wildman–Crippen LogP) is 9.12. The van der Waals surface area contributed by atoms with Gasteiger partial charge in [-0.15, -0.1) is 42.0 Å². The van der Waals surface area contributed by atoms with Gasteiger partial charge in [0.2, 0.25) is 0 Å². The fourth-order valence-electron chi connectivity index (χ4n) is 6.50. The second-order valence-electron chi connectivity index (χ2n) is 11.5. The average molecular weight is 798 g/mol. The van der Waals surface area contributed by atoms with Gasteiger partial charge in [-0.3, -0.25) is 15.0 Å². The first-order valence-corrected chi connectivity index (χ1v) is 15.4. The fraction of sp³-hybridized carbons (Fsp3) is 0.0244. The normalized spacial score (nSPS) is 11.3. The van der Waals surface area contributed by atoms with Crippen LogP contribution in [0.3, 0.4) is 0 Å². The van der Waals surface area contributed by atoms with E-state index in [1.165, 1.54) is 0 Å². The number of para-hydroxylation sites is 2. The Labute approximate surface area is 291 Å². The number of aromatic nitrogens is 6. The summed E-state index contributed by atoms with van der Waals surface area (Å²) in [4.78, 5) is 18.6. The molecule has 0 unspecified atom stereocenters. The first-order valence-electron chi connectivity index (χ1n) is 15.4. The number of imidazole rings is 1. The number of nitrogens with zero attached hydrogens (tertiary/aromatic N) is 6. The molecule has 0 radical (unpaired) electrons. The van der Waals surface area contributed by atoms with Gasteiger partial charge in [-0.1, -0.05) is 65.0 Å². The van der Waals surface area contributed by atoms with E-state index in [9.17, 15) is 0 Å². The number of hydrogen-bond donors (Lipinski definition) is 0. The van der Waals surface area contributed by atoms with Crippen LogP contribution < -0.4 is 0 Å². The summed E-state index contributed by atoms with van der Waals surface area (Å²) < 4.78 is 4.40. The van der Waals surface area contributed by atoms with Gasteiger partial charge < -0.3 is 14.1 Å². The van der Waals surface area contributed by atoms with E-state index in [1.807, 2.05) is 61.1 Å². The molecule has 0 bridgehead atoms. The van der Waals surface area contributed by atoms with Crippen molar-refractivity contribution in [2.75, 3.05) is 0 Å². The maximum Gasteiger partial charge on any atom is 2.00 e. The van der Waals surface area contributed by atoms with E-state index in [4.69, 9.17) is 4.98 Å². The van der Waals surface area contributed by atoms with Gasteiger partial charge in [0.15, 0.2) is 0 Å². The Hall–Kier alpha value is -5.71. The summed E-state index contributed by atoms with van der Waals surface area (Å²) in [6.45, 7) is 0. The van der Waals surface area contributed by atoms with Gasteiger partial charge in [-0.05, 0) is 75.4 Å². The summed E-state index contributed by atoms with van der Waals surface area (Å²) in [5.41, 5.74) is 11.8. The molecule has 0 atom stereocenters. The molecule has 0 aliphatic rings. The van der Waals surface area contributed by atoms with Crippen molar-refractivity contribution < 1.29 is 21.1 Å². The number of aryl methyl sites for hydroxylation is 1. The van der Waals surface area contributed by atoms with Crippen molar-refractivity contribution >= 4 is 32.8 Å². The third-order valence-electron chi connectivity index (χ3n) is 8.75. The molecule has 7 heteroatoms. The average Bonchev–Trinajstić information content (AvgIpc) is 3.65. The molecule has 5 aromatic heterocycles. The number of fused-ring (bicyclic) bond motifs is 4. The monoisotopic (exact) mass is 797 g/mol. The van der Waals surface area contributed by atoms with Crippen molar-refractivity contribution in [3.63, 3.8) is 0 Å². The second-order valence-corrected chi connectivity index (χ2v) is 11.5. The third kappa shape index (κ3) is 4.93. The Balaban J connectivity index is 0.00000336. The number of benzene rings is 4. The van der Waals surface area contributed by atoms with E-state index < -0.39 is 0 Å². The van der Waals surface area contributed by atoms with Crippen LogP contribution in [0.5, 0.6) is 0 Å². The van der Waals surface area contributed by atoms with Crippen molar-refractivity contribution in [1.29, 1.82) is 0 Å².